The van der Waals surface area contributed by atoms with Gasteiger partial charge < -0.3 is 56.3 Å². The molecule has 3 atom stereocenters. The van der Waals surface area contributed by atoms with Gasteiger partial charge in [0.15, 0.2) is 0 Å². The number of halogens is 3. The van der Waals surface area contributed by atoms with Crippen LogP contribution in [0.3, 0.4) is 0 Å². The van der Waals surface area contributed by atoms with Crippen LogP contribution in [0.15, 0.2) is 72.8 Å². The number of benzene rings is 3. The van der Waals surface area contributed by atoms with Crippen LogP contribution in [0.4, 0.5) is 14.4 Å². The fraction of sp³-hybridized carbons (Fsp3) is 0.652. The first kappa shape index (κ1) is 80.4. The molecule has 0 radical (unpaired) electrons. The summed E-state index contributed by atoms with van der Waals surface area (Å²) in [5.41, 5.74) is -2.53. The molecule has 5 saturated heterocycles. The van der Waals surface area contributed by atoms with Crippen LogP contribution >= 0.6 is 34.8 Å². The van der Waals surface area contributed by atoms with Gasteiger partial charge in [0.25, 0.3) is 0 Å². The Morgan fingerprint density at radius 1 is 0.471 bits per heavy atom. The fourth-order valence-electron chi connectivity index (χ4n) is 10.9. The maximum atomic E-state index is 12.3. The quantitative estimate of drug-likeness (QED) is 0.122. The van der Waals surface area contributed by atoms with Gasteiger partial charge in [-0.3, -0.25) is 9.59 Å². The van der Waals surface area contributed by atoms with Crippen LogP contribution in [0, 0.1) is 59.4 Å². The first-order chi connectivity index (χ1) is 38.9. The molecule has 5 aliphatic heterocycles. The molecule has 87 heavy (non-hydrogen) atoms. The fourth-order valence-corrected chi connectivity index (χ4v) is 11.2. The van der Waals surface area contributed by atoms with Gasteiger partial charge in [0.05, 0.1) is 16.8 Å². The molecule has 0 aromatic heterocycles. The molecule has 0 saturated carbocycles. The summed E-state index contributed by atoms with van der Waals surface area (Å²) in [7, 11) is 0. The Kier molecular flexibility index (Phi) is 29.8. The van der Waals surface area contributed by atoms with Crippen molar-refractivity contribution in [2.75, 3.05) is 65.4 Å². The largest absolute Gasteiger partial charge is 1.00 e. The van der Waals surface area contributed by atoms with Crippen LogP contribution in [0.1, 0.15) is 174 Å². The van der Waals surface area contributed by atoms with Gasteiger partial charge in [-0.15, -0.1) is 0 Å². The van der Waals surface area contributed by atoms with E-state index in [1.807, 2.05) is 151 Å². The molecule has 8 rings (SSSR count). The normalized spacial score (nSPS) is 23.9. The molecule has 486 valence electrons. The predicted octanol–water partition coefficient (Wildman–Crippen LogP) is 10.2. The molecule has 5 fully saturated rings. The Labute approximate surface area is 578 Å². The number of hydrogen-bond donors (Lipinski definition) is 5. The summed E-state index contributed by atoms with van der Waals surface area (Å²) < 4.78 is 15.9. The molecule has 3 unspecified atom stereocenters. The van der Waals surface area contributed by atoms with Gasteiger partial charge in [-0.2, -0.15) is 0 Å². The molecular formula is C66H101ArCl3LiN5O11. The summed E-state index contributed by atoms with van der Waals surface area (Å²) in [4.78, 5) is 63.0. The number of nitrogens with one attached hydrogen (secondary N) is 2. The predicted molar refractivity (Wildman–Crippen MR) is 339 cm³/mol. The second-order valence-corrected chi connectivity index (χ2v) is 30.0. The van der Waals surface area contributed by atoms with Crippen molar-refractivity contribution in [3.05, 3.63) is 105 Å². The summed E-state index contributed by atoms with van der Waals surface area (Å²) in [6.45, 7) is 38.7. The maximum Gasteiger partial charge on any atom is 1.00 e. The third-order valence-electron chi connectivity index (χ3n) is 16.3. The summed E-state index contributed by atoms with van der Waals surface area (Å²) in [5, 5.41) is 41.7. The smallest absolute Gasteiger partial charge is 1.00 e. The number of carbonyl (C=O) groups is 5. The van der Waals surface area contributed by atoms with E-state index >= 15 is 0 Å². The van der Waals surface area contributed by atoms with Crippen LogP contribution in [-0.4, -0.2) is 142 Å². The van der Waals surface area contributed by atoms with Crippen LogP contribution < -0.4 is 29.5 Å². The van der Waals surface area contributed by atoms with Crippen molar-refractivity contribution >= 4 is 64.6 Å². The Bertz CT molecular complexity index is 2660. The van der Waals surface area contributed by atoms with Crippen LogP contribution in [0.5, 0.6) is 0 Å². The van der Waals surface area contributed by atoms with Crippen LogP contribution in [0.25, 0.3) is 0 Å². The van der Waals surface area contributed by atoms with Crippen molar-refractivity contribution in [3.63, 3.8) is 0 Å². The van der Waals surface area contributed by atoms with Crippen molar-refractivity contribution in [1.82, 2.24) is 25.3 Å². The summed E-state index contributed by atoms with van der Waals surface area (Å²) >= 11 is 17.7. The van der Waals surface area contributed by atoms with E-state index in [0.717, 1.165) is 55.7 Å². The number of nitrogens with zero attached hydrogens (tertiary/aromatic N) is 3. The number of Topliss-reactive ketones (excluding diaryl/α,β-unsaturated/α-hetero) is 2. The third-order valence-corrected chi connectivity index (χ3v) is 17.1. The van der Waals surface area contributed by atoms with Crippen molar-refractivity contribution < 1.29 is 112 Å². The second-order valence-electron chi connectivity index (χ2n) is 28.7. The van der Waals surface area contributed by atoms with Crippen molar-refractivity contribution in [1.29, 1.82) is 0 Å². The van der Waals surface area contributed by atoms with E-state index < -0.39 is 44.4 Å². The minimum Gasteiger partial charge on any atom is -1.00 e. The molecule has 5 N–H and O–H groups in total. The zero-order valence-electron chi connectivity index (χ0n) is 56.2. The number of rotatable bonds is 3. The number of ketones is 2. The number of ether oxygens (including phenoxy) is 3. The SMILES string of the molecule is CC(C)(C)OC(=O)N1CCC(=O)C(C)(C)C1.CC(C)(C)OC(=O)N1CCC(=O)CC1.CC(C)(C)OC(=O)N1CCC(O)(c2ccc(Cl)cc2)C(C)(C)C1.CC1(C)CNCCC1(O)c1ccc(Cl)cc1.CC1(C)CNCCC1(O)c1ccc(Cl)cc1.[Ar].[H-].[Li+]. The molecule has 3 amide bonds. The summed E-state index contributed by atoms with van der Waals surface area (Å²) in [6.07, 6.45) is 2.30. The van der Waals surface area contributed by atoms with Gasteiger partial charge >= 0.3 is 37.1 Å². The zero-order valence-corrected chi connectivity index (χ0v) is 58.2. The molecule has 5 aliphatic rings. The Hall–Kier alpha value is -2.66. The molecule has 21 heteroatoms. The standard InChI is InChI=1S/C18H26ClNO3.2C13H18ClNO.C12H21NO3.C10H17NO3.Ar.Li.H/c1-16(2,3)23-15(21)20-11-10-18(22,17(4,5)12-20)13-6-8-14(19)9-7-13;2*1-12(2)9-15-8-7-13(12,16)10-3-5-11(14)6-4-10;1-11(2,3)16-10(15)13-7-6-9(14)12(4,5)8-13;1-10(2,3)14-9(13)11-6-4-8(12)5-7-11;;;/h6-9,22H,10-12H2,1-5H3;2*3-6,15-16H,7-9H2,1-2H3;6-8H2,1-5H3;4-7H2,1-3H3;;;/q;;;;;;+1;-1. The van der Waals surface area contributed by atoms with E-state index in [1.54, 1.807) is 26.8 Å². The average Bonchev–Trinajstić information content (AvgIpc) is 3.41. The Morgan fingerprint density at radius 2 is 0.770 bits per heavy atom. The van der Waals surface area contributed by atoms with Crippen LogP contribution in [-0.2, 0) is 40.6 Å². The third kappa shape index (κ3) is 23.1. The minimum atomic E-state index is -1.00. The minimum absolute atomic E-state index is 0. The number of piperidine rings is 5. The van der Waals surface area contributed by atoms with Gasteiger partial charge in [0.2, 0.25) is 0 Å². The first-order valence-corrected chi connectivity index (χ1v) is 30.8. The maximum absolute atomic E-state index is 12.3. The second kappa shape index (κ2) is 32.3. The number of carbonyl (C=O) groups excluding carboxylic acids is 5. The summed E-state index contributed by atoms with van der Waals surface area (Å²) in [6, 6.07) is 22.3. The monoisotopic (exact) mass is 1290 g/mol. The molecular weight excluding hydrogens is 1190 g/mol. The van der Waals surface area contributed by atoms with Crippen molar-refractivity contribution in [2.45, 2.75) is 190 Å². The average molecular weight is 1290 g/mol. The molecule has 3 aromatic carbocycles. The molecule has 0 aliphatic carbocycles. The topological polar surface area (TPSA) is 208 Å². The molecule has 0 spiro atoms. The molecule has 16 nitrogen and oxygen atoms in total. The number of hydrogen-bond acceptors (Lipinski definition) is 13. The van der Waals surface area contributed by atoms with Crippen LogP contribution in [0.2, 0.25) is 15.1 Å². The van der Waals surface area contributed by atoms with Crippen molar-refractivity contribution in [3.8, 4) is 0 Å². The molecule has 5 heterocycles. The van der Waals surface area contributed by atoms with E-state index in [0.29, 0.717) is 80.0 Å². The van der Waals surface area contributed by atoms with Crippen molar-refractivity contribution in [2.24, 2.45) is 21.7 Å². The van der Waals surface area contributed by atoms with E-state index in [9.17, 15) is 39.3 Å². The van der Waals surface area contributed by atoms with E-state index in [4.69, 9.17) is 49.0 Å². The Morgan fingerprint density at radius 3 is 1.07 bits per heavy atom. The van der Waals surface area contributed by atoms with Gasteiger partial charge in [-0.05, 0) is 148 Å². The first-order valence-electron chi connectivity index (χ1n) is 29.7. The number of aliphatic hydroxyl groups is 3. The molecule has 3 aromatic rings. The Balaban J connectivity index is 0.000000551. The van der Waals surface area contributed by atoms with Gasteiger partial charge in [-0.25, -0.2) is 14.4 Å². The van der Waals surface area contributed by atoms with Gasteiger partial charge in [-0.1, -0.05) is 127 Å². The van der Waals surface area contributed by atoms with E-state index in [2.05, 4.69) is 38.3 Å². The molecule has 0 bridgehead atoms. The van der Waals surface area contributed by atoms with Gasteiger partial charge in [0, 0.05) is 146 Å². The number of likely N-dealkylation sites (tertiary alicyclic amines) is 3. The number of amides is 3. The van der Waals surface area contributed by atoms with Gasteiger partial charge in [0.1, 0.15) is 28.4 Å². The van der Waals surface area contributed by atoms with E-state index in [-0.39, 0.29) is 98.7 Å². The zero-order chi connectivity index (χ0) is 64.4. The van der Waals surface area contributed by atoms with E-state index in [1.165, 1.54) is 0 Å². The summed E-state index contributed by atoms with van der Waals surface area (Å²) in [5.74, 6) is 0.442.